The summed E-state index contributed by atoms with van der Waals surface area (Å²) in [7, 11) is 0. The third kappa shape index (κ3) is 4.98. The Morgan fingerprint density at radius 1 is 1.19 bits per heavy atom. The summed E-state index contributed by atoms with van der Waals surface area (Å²) in [6, 6.07) is 11.8. The zero-order chi connectivity index (χ0) is 18.7. The van der Waals surface area contributed by atoms with E-state index in [4.69, 9.17) is 21.0 Å². The molecule has 0 saturated heterocycles. The largest absolute Gasteiger partial charge is 0.490 e. The third-order valence-corrected chi connectivity index (χ3v) is 4.21. The predicted octanol–water partition coefficient (Wildman–Crippen LogP) is 2.81. The zero-order valence-corrected chi connectivity index (χ0v) is 15.2. The Balaban J connectivity index is 0.00000261. The molecule has 1 aliphatic heterocycles. The molecule has 0 aliphatic carbocycles. The number of carboxylic acid groups (broad SMARTS) is 1. The van der Waals surface area contributed by atoms with Crippen molar-refractivity contribution in [2.24, 2.45) is 5.73 Å². The Bertz CT molecular complexity index is 868. The highest BCUT2D eigenvalue weighted by Crippen LogP contribution is 2.31. The highest BCUT2D eigenvalue weighted by atomic mass is 35.5. The van der Waals surface area contributed by atoms with Crippen LogP contribution in [-0.4, -0.2) is 28.9 Å². The van der Waals surface area contributed by atoms with E-state index in [-0.39, 0.29) is 36.7 Å². The van der Waals surface area contributed by atoms with Crippen LogP contribution in [0.1, 0.15) is 34.3 Å². The molecule has 0 saturated carbocycles. The summed E-state index contributed by atoms with van der Waals surface area (Å²) in [5.74, 6) is -0.530. The Labute approximate surface area is 162 Å². The first-order valence-corrected chi connectivity index (χ1v) is 8.19. The van der Waals surface area contributed by atoms with Crippen LogP contribution in [0.3, 0.4) is 0 Å². The van der Waals surface area contributed by atoms with Crippen molar-refractivity contribution < 1.29 is 19.4 Å². The second-order valence-electron chi connectivity index (χ2n) is 6.14. The molecule has 1 unspecified atom stereocenters. The normalized spacial score (nSPS) is 14.9. The summed E-state index contributed by atoms with van der Waals surface area (Å²) < 4.78 is 5.70. The van der Waals surface area contributed by atoms with E-state index in [0.29, 0.717) is 35.4 Å². The number of hydrogen-bond donors (Lipinski definition) is 4. The van der Waals surface area contributed by atoms with Crippen LogP contribution in [0.4, 0.5) is 5.69 Å². The van der Waals surface area contributed by atoms with E-state index < -0.39 is 5.97 Å². The van der Waals surface area contributed by atoms with E-state index in [9.17, 15) is 9.59 Å². The zero-order valence-electron chi connectivity index (χ0n) is 14.4. The van der Waals surface area contributed by atoms with E-state index in [1.54, 1.807) is 36.4 Å². The maximum atomic E-state index is 12.3. The van der Waals surface area contributed by atoms with Crippen molar-refractivity contribution in [2.45, 2.75) is 25.4 Å². The molecule has 0 bridgehead atoms. The van der Waals surface area contributed by atoms with Crippen molar-refractivity contribution in [3.63, 3.8) is 0 Å². The smallest absolute Gasteiger partial charge is 0.307 e. The van der Waals surface area contributed by atoms with Gasteiger partial charge in [-0.2, -0.15) is 0 Å². The molecule has 1 amide bonds. The quantitative estimate of drug-likeness (QED) is 0.462. The minimum absolute atomic E-state index is 0. The van der Waals surface area contributed by atoms with Crippen molar-refractivity contribution in [2.75, 3.05) is 5.32 Å². The number of carboxylic acids is 1. The van der Waals surface area contributed by atoms with Crippen LogP contribution < -0.4 is 15.8 Å². The highest BCUT2D eigenvalue weighted by molar-refractivity contribution is 6.05. The van der Waals surface area contributed by atoms with Gasteiger partial charge in [0.15, 0.2) is 0 Å². The minimum Gasteiger partial charge on any atom is -0.490 e. The molecular weight excluding hydrogens is 370 g/mol. The molecule has 27 heavy (non-hydrogen) atoms. The number of amides is 1. The monoisotopic (exact) mass is 389 g/mol. The fourth-order valence-electron chi connectivity index (χ4n) is 2.87. The van der Waals surface area contributed by atoms with Gasteiger partial charge in [-0.15, -0.1) is 12.4 Å². The lowest BCUT2D eigenvalue weighted by atomic mass is 10.00. The van der Waals surface area contributed by atoms with E-state index in [1.807, 2.05) is 6.07 Å². The molecule has 1 atom stereocenters. The molecule has 5 N–H and O–H groups in total. The molecule has 1 aliphatic rings. The van der Waals surface area contributed by atoms with Gasteiger partial charge in [0, 0.05) is 16.8 Å². The number of ether oxygens (including phenoxy) is 1. The lowest BCUT2D eigenvalue weighted by Crippen LogP contribution is -2.25. The van der Waals surface area contributed by atoms with Gasteiger partial charge in [-0.1, -0.05) is 12.1 Å². The lowest BCUT2D eigenvalue weighted by molar-refractivity contribution is -0.139. The number of fused-ring (bicyclic) bond motifs is 1. The fourth-order valence-corrected chi connectivity index (χ4v) is 2.87. The second-order valence-corrected chi connectivity index (χ2v) is 6.14. The number of halogens is 1. The van der Waals surface area contributed by atoms with E-state index in [1.165, 1.54) is 0 Å². The average molecular weight is 390 g/mol. The number of amidine groups is 1. The SMILES string of the molecule is Cl.N=C(N)c1ccc(C(=O)Nc2ccc3c(c2)CCC(CC(=O)O)O3)cc1. The summed E-state index contributed by atoms with van der Waals surface area (Å²) in [6.45, 7) is 0. The first kappa shape index (κ1) is 20.3. The molecular formula is C19H20ClN3O4. The molecule has 0 radical (unpaired) electrons. The number of nitrogens with two attached hydrogens (primary N) is 1. The molecule has 8 heteroatoms. The first-order valence-electron chi connectivity index (χ1n) is 8.19. The lowest BCUT2D eigenvalue weighted by Gasteiger charge is -2.25. The minimum atomic E-state index is -0.877. The van der Waals surface area contributed by atoms with Gasteiger partial charge < -0.3 is 20.9 Å². The molecule has 2 aromatic carbocycles. The van der Waals surface area contributed by atoms with Crippen molar-refractivity contribution in [1.29, 1.82) is 5.41 Å². The number of nitrogen functional groups attached to an aromatic ring is 1. The summed E-state index contributed by atoms with van der Waals surface area (Å²) >= 11 is 0. The number of carbonyl (C=O) groups excluding carboxylic acids is 1. The van der Waals surface area contributed by atoms with Crippen molar-refractivity contribution >= 4 is 35.8 Å². The molecule has 142 valence electrons. The number of rotatable bonds is 5. The Morgan fingerprint density at radius 2 is 1.85 bits per heavy atom. The van der Waals surface area contributed by atoms with Crippen molar-refractivity contribution in [1.82, 2.24) is 0 Å². The summed E-state index contributed by atoms with van der Waals surface area (Å²) in [6.07, 6.45) is 0.988. The second kappa shape index (κ2) is 8.55. The van der Waals surface area contributed by atoms with Gasteiger partial charge in [0.1, 0.15) is 17.7 Å². The third-order valence-electron chi connectivity index (χ3n) is 4.21. The fraction of sp³-hybridized carbons (Fsp3) is 0.211. The highest BCUT2D eigenvalue weighted by Gasteiger charge is 2.22. The van der Waals surface area contributed by atoms with Crippen LogP contribution in [0.15, 0.2) is 42.5 Å². The van der Waals surface area contributed by atoms with Crippen molar-refractivity contribution in [3.8, 4) is 5.75 Å². The number of hydrogen-bond acceptors (Lipinski definition) is 4. The Morgan fingerprint density at radius 3 is 2.48 bits per heavy atom. The maximum Gasteiger partial charge on any atom is 0.307 e. The number of carbonyl (C=O) groups is 2. The van der Waals surface area contributed by atoms with Crippen molar-refractivity contribution in [3.05, 3.63) is 59.2 Å². The number of aryl methyl sites for hydroxylation is 1. The number of aliphatic carboxylic acids is 1. The molecule has 0 aromatic heterocycles. The van der Waals surface area contributed by atoms with Crippen LogP contribution in [0.25, 0.3) is 0 Å². The number of anilines is 1. The van der Waals surface area contributed by atoms with Crippen LogP contribution in [0.2, 0.25) is 0 Å². The molecule has 0 spiro atoms. The van der Waals surface area contributed by atoms with Crippen LogP contribution in [-0.2, 0) is 11.2 Å². The van der Waals surface area contributed by atoms with E-state index in [0.717, 1.165) is 5.56 Å². The average Bonchev–Trinajstić information content (AvgIpc) is 2.61. The predicted molar refractivity (Wildman–Crippen MR) is 104 cm³/mol. The van der Waals surface area contributed by atoms with Crippen LogP contribution in [0, 0.1) is 5.41 Å². The van der Waals surface area contributed by atoms with Gasteiger partial charge in [0.2, 0.25) is 0 Å². The van der Waals surface area contributed by atoms with Gasteiger partial charge >= 0.3 is 5.97 Å². The van der Waals surface area contributed by atoms with Gasteiger partial charge in [-0.25, -0.2) is 0 Å². The van der Waals surface area contributed by atoms with Gasteiger partial charge in [-0.3, -0.25) is 15.0 Å². The Hall–Kier alpha value is -3.06. The maximum absolute atomic E-state index is 12.3. The Kier molecular flexibility index (Phi) is 6.41. The first-order chi connectivity index (χ1) is 12.4. The number of nitrogens with one attached hydrogen (secondary N) is 2. The van der Waals surface area contributed by atoms with Gasteiger partial charge in [-0.05, 0) is 48.7 Å². The summed E-state index contributed by atoms with van der Waals surface area (Å²) in [4.78, 5) is 23.1. The topological polar surface area (TPSA) is 126 Å². The molecule has 0 fully saturated rings. The van der Waals surface area contributed by atoms with Crippen LogP contribution in [0.5, 0.6) is 5.75 Å². The molecule has 3 rings (SSSR count). The summed E-state index contributed by atoms with van der Waals surface area (Å²) in [5.41, 5.74) is 8.01. The number of benzene rings is 2. The summed E-state index contributed by atoms with van der Waals surface area (Å²) in [5, 5.41) is 19.1. The molecule has 2 aromatic rings. The van der Waals surface area contributed by atoms with Crippen LogP contribution >= 0.6 is 12.4 Å². The molecule has 1 heterocycles. The van der Waals surface area contributed by atoms with E-state index >= 15 is 0 Å². The van der Waals surface area contributed by atoms with Gasteiger partial charge in [0.25, 0.3) is 5.91 Å². The molecule has 7 nitrogen and oxygen atoms in total. The van der Waals surface area contributed by atoms with Gasteiger partial charge in [0.05, 0.1) is 6.42 Å². The standard InChI is InChI=1S/C19H19N3O4.ClH/c20-18(21)11-1-3-12(4-2-11)19(25)22-14-6-8-16-13(9-14)5-7-15(26-16)10-17(23)24;/h1-4,6,8-9,15H,5,7,10H2,(H3,20,21)(H,22,25)(H,23,24);1H. The van der Waals surface area contributed by atoms with E-state index in [2.05, 4.69) is 5.32 Å².